The molecule has 4 aromatic rings. The van der Waals surface area contributed by atoms with E-state index in [9.17, 15) is 22.0 Å². The fourth-order valence-corrected chi connectivity index (χ4v) is 3.39. The Labute approximate surface area is 205 Å². The average molecular weight is 490 g/mol. The molecule has 0 aliphatic heterocycles. The highest BCUT2D eigenvalue weighted by molar-refractivity contribution is 5.84. The second-order valence-corrected chi connectivity index (χ2v) is 7.96. The first-order valence-electron chi connectivity index (χ1n) is 11.2. The standard InChI is InChI=1S/C30H19F5O/c1-2-3-14-36-23-17-26(31)25(27(32)18-23)13-10-20-6-4-19(5-7-20)8-9-21-11-12-24-22(15-21)16-28(33)30(35)29(24)34/h4-7,11-12,15-18H,2-3,14H2,1H3. The molecule has 0 radical (unpaired) electrons. The van der Waals surface area contributed by atoms with Crippen molar-refractivity contribution in [3.8, 4) is 29.4 Å². The van der Waals surface area contributed by atoms with Gasteiger partial charge in [0.15, 0.2) is 17.5 Å². The van der Waals surface area contributed by atoms with E-state index in [2.05, 4.69) is 23.7 Å². The second-order valence-electron chi connectivity index (χ2n) is 7.96. The van der Waals surface area contributed by atoms with Crippen LogP contribution in [0.5, 0.6) is 5.75 Å². The van der Waals surface area contributed by atoms with Crippen LogP contribution >= 0.6 is 0 Å². The Morgan fingerprint density at radius 1 is 0.639 bits per heavy atom. The summed E-state index contributed by atoms with van der Waals surface area (Å²) in [5.41, 5.74) is 1.31. The molecule has 0 saturated heterocycles. The fraction of sp³-hybridized carbons (Fsp3) is 0.133. The second kappa shape index (κ2) is 11.0. The van der Waals surface area contributed by atoms with Gasteiger partial charge in [-0.1, -0.05) is 43.1 Å². The maximum Gasteiger partial charge on any atom is 0.195 e. The highest BCUT2D eigenvalue weighted by Gasteiger charge is 2.13. The van der Waals surface area contributed by atoms with Gasteiger partial charge in [-0.05, 0) is 54.3 Å². The molecule has 0 N–H and O–H groups in total. The van der Waals surface area contributed by atoms with Gasteiger partial charge in [-0.2, -0.15) is 0 Å². The number of benzene rings is 4. The molecule has 0 amide bonds. The average Bonchev–Trinajstić information content (AvgIpc) is 2.86. The minimum absolute atomic E-state index is 0.0334. The van der Waals surface area contributed by atoms with Crippen molar-refractivity contribution < 1.29 is 26.7 Å². The summed E-state index contributed by atoms with van der Waals surface area (Å²) in [7, 11) is 0. The number of ether oxygens (including phenoxy) is 1. The van der Waals surface area contributed by atoms with Crippen LogP contribution in [0.25, 0.3) is 10.8 Å². The highest BCUT2D eigenvalue weighted by atomic mass is 19.2. The molecule has 0 saturated carbocycles. The minimum Gasteiger partial charge on any atom is -0.493 e. The minimum atomic E-state index is -1.51. The lowest BCUT2D eigenvalue weighted by molar-refractivity contribution is 0.306. The van der Waals surface area contributed by atoms with Crippen LogP contribution in [0.2, 0.25) is 0 Å². The van der Waals surface area contributed by atoms with E-state index >= 15 is 0 Å². The molecule has 0 aliphatic rings. The summed E-state index contributed by atoms with van der Waals surface area (Å²) >= 11 is 0. The highest BCUT2D eigenvalue weighted by Crippen LogP contribution is 2.24. The molecule has 0 aromatic heterocycles. The van der Waals surface area contributed by atoms with Crippen LogP contribution in [0.3, 0.4) is 0 Å². The predicted octanol–water partition coefficient (Wildman–Crippen LogP) is 7.51. The molecule has 0 spiro atoms. The van der Waals surface area contributed by atoms with E-state index in [0.29, 0.717) is 23.3 Å². The lowest BCUT2D eigenvalue weighted by atomic mass is 10.1. The van der Waals surface area contributed by atoms with Crippen LogP contribution in [0.1, 0.15) is 42.0 Å². The van der Waals surface area contributed by atoms with Crippen LogP contribution < -0.4 is 4.74 Å². The molecule has 0 unspecified atom stereocenters. The monoisotopic (exact) mass is 490 g/mol. The fourth-order valence-electron chi connectivity index (χ4n) is 3.39. The molecular weight excluding hydrogens is 471 g/mol. The van der Waals surface area contributed by atoms with E-state index in [1.165, 1.54) is 18.2 Å². The third kappa shape index (κ3) is 5.67. The molecule has 0 fully saturated rings. The molecule has 180 valence electrons. The Balaban J connectivity index is 1.50. The molecule has 4 rings (SSSR count). The van der Waals surface area contributed by atoms with E-state index < -0.39 is 29.1 Å². The number of fused-ring (bicyclic) bond motifs is 1. The predicted molar refractivity (Wildman–Crippen MR) is 129 cm³/mol. The van der Waals surface area contributed by atoms with Gasteiger partial charge in [0, 0.05) is 34.2 Å². The van der Waals surface area contributed by atoms with E-state index in [4.69, 9.17) is 4.74 Å². The summed E-state index contributed by atoms with van der Waals surface area (Å²) in [6.45, 7) is 2.37. The number of halogens is 5. The first-order chi connectivity index (χ1) is 17.4. The quantitative estimate of drug-likeness (QED) is 0.124. The van der Waals surface area contributed by atoms with Crippen molar-refractivity contribution in [3.63, 3.8) is 0 Å². The number of hydrogen-bond donors (Lipinski definition) is 0. The van der Waals surface area contributed by atoms with Crippen molar-refractivity contribution >= 4 is 10.8 Å². The van der Waals surface area contributed by atoms with Crippen molar-refractivity contribution in [3.05, 3.63) is 112 Å². The molecule has 1 nitrogen and oxygen atoms in total. The molecule has 0 heterocycles. The Morgan fingerprint density at radius 2 is 1.22 bits per heavy atom. The molecule has 36 heavy (non-hydrogen) atoms. The van der Waals surface area contributed by atoms with Crippen LogP contribution in [0, 0.1) is 52.8 Å². The third-order valence-electron chi connectivity index (χ3n) is 5.32. The summed E-state index contributed by atoms with van der Waals surface area (Å²) in [5, 5.41) is 0.165. The summed E-state index contributed by atoms with van der Waals surface area (Å²) < 4.78 is 74.7. The third-order valence-corrected chi connectivity index (χ3v) is 5.32. The van der Waals surface area contributed by atoms with Gasteiger partial charge in [-0.25, -0.2) is 22.0 Å². The lowest BCUT2D eigenvalue weighted by Crippen LogP contribution is -1.99. The van der Waals surface area contributed by atoms with Gasteiger partial charge < -0.3 is 4.74 Å². The van der Waals surface area contributed by atoms with Gasteiger partial charge >= 0.3 is 0 Å². The van der Waals surface area contributed by atoms with E-state index in [0.717, 1.165) is 31.0 Å². The Kier molecular flexibility index (Phi) is 7.56. The van der Waals surface area contributed by atoms with Crippen molar-refractivity contribution in [1.29, 1.82) is 0 Å². The summed E-state index contributed by atoms with van der Waals surface area (Å²) in [4.78, 5) is 0. The number of hydrogen-bond acceptors (Lipinski definition) is 1. The zero-order valence-electron chi connectivity index (χ0n) is 19.2. The van der Waals surface area contributed by atoms with Gasteiger partial charge in [0.25, 0.3) is 0 Å². The Bertz CT molecular complexity index is 1530. The maximum atomic E-state index is 14.3. The maximum absolute atomic E-state index is 14.3. The van der Waals surface area contributed by atoms with E-state index in [1.807, 2.05) is 6.92 Å². The molecule has 6 heteroatoms. The first-order valence-corrected chi connectivity index (χ1v) is 11.2. The van der Waals surface area contributed by atoms with Crippen molar-refractivity contribution in [2.45, 2.75) is 19.8 Å². The van der Waals surface area contributed by atoms with Crippen LogP contribution in [-0.4, -0.2) is 6.61 Å². The molecular formula is C30H19F5O. The first kappa shape index (κ1) is 24.8. The number of rotatable bonds is 4. The van der Waals surface area contributed by atoms with Crippen LogP contribution in [0.15, 0.2) is 60.7 Å². The Hall–Kier alpha value is -4.29. The smallest absolute Gasteiger partial charge is 0.195 e. The largest absolute Gasteiger partial charge is 0.493 e. The normalized spacial score (nSPS) is 10.4. The Morgan fingerprint density at radius 3 is 1.86 bits per heavy atom. The van der Waals surface area contributed by atoms with Gasteiger partial charge in [0.05, 0.1) is 12.2 Å². The SMILES string of the molecule is CCCCOc1cc(F)c(C#Cc2ccc(C#Cc3ccc4c(F)c(F)c(F)cc4c3)cc2)c(F)c1. The molecule has 0 bridgehead atoms. The lowest BCUT2D eigenvalue weighted by Gasteiger charge is -2.06. The van der Waals surface area contributed by atoms with Crippen molar-refractivity contribution in [1.82, 2.24) is 0 Å². The van der Waals surface area contributed by atoms with E-state index in [1.54, 1.807) is 24.3 Å². The summed E-state index contributed by atoms with van der Waals surface area (Å²) in [6, 6.07) is 14.2. The molecule has 0 aliphatic carbocycles. The summed E-state index contributed by atoms with van der Waals surface area (Å²) in [6.07, 6.45) is 1.70. The zero-order chi connectivity index (χ0) is 25.7. The van der Waals surface area contributed by atoms with Gasteiger partial charge in [0.2, 0.25) is 0 Å². The molecule has 4 aromatic carbocycles. The van der Waals surface area contributed by atoms with Crippen LogP contribution in [0.4, 0.5) is 22.0 Å². The van der Waals surface area contributed by atoms with E-state index in [-0.39, 0.29) is 22.1 Å². The van der Waals surface area contributed by atoms with Crippen LogP contribution in [-0.2, 0) is 0 Å². The van der Waals surface area contributed by atoms with Gasteiger partial charge in [-0.15, -0.1) is 0 Å². The molecule has 0 atom stereocenters. The van der Waals surface area contributed by atoms with Crippen molar-refractivity contribution in [2.24, 2.45) is 0 Å². The zero-order valence-corrected chi connectivity index (χ0v) is 19.2. The van der Waals surface area contributed by atoms with Crippen molar-refractivity contribution in [2.75, 3.05) is 6.61 Å². The topological polar surface area (TPSA) is 9.23 Å². The summed E-state index contributed by atoms with van der Waals surface area (Å²) in [5.74, 6) is 5.57. The van der Waals surface area contributed by atoms with Gasteiger partial charge in [0.1, 0.15) is 17.4 Å². The number of unbranched alkanes of at least 4 members (excludes halogenated alkanes) is 1. The van der Waals surface area contributed by atoms with Gasteiger partial charge in [-0.3, -0.25) is 0 Å².